The van der Waals surface area contributed by atoms with E-state index in [0.29, 0.717) is 36.8 Å². The molecular formula is C27H38O7. The average molecular weight is 475 g/mol. The van der Waals surface area contributed by atoms with Gasteiger partial charge < -0.3 is 20.1 Å². The zero-order valence-electron chi connectivity index (χ0n) is 20.9. The van der Waals surface area contributed by atoms with Crippen molar-refractivity contribution in [2.75, 3.05) is 6.61 Å². The Morgan fingerprint density at radius 2 is 1.62 bits per heavy atom. The molecule has 1 heterocycles. The van der Waals surface area contributed by atoms with Crippen LogP contribution < -0.4 is 0 Å². The van der Waals surface area contributed by atoms with E-state index in [1.165, 1.54) is 0 Å². The molecule has 0 radical (unpaired) electrons. The summed E-state index contributed by atoms with van der Waals surface area (Å²) in [7, 11) is 0. The number of rotatable bonds is 2. The maximum Gasteiger partial charge on any atom is 0.306 e. The Bertz CT molecular complexity index is 1010. The van der Waals surface area contributed by atoms with Crippen LogP contribution in [-0.2, 0) is 19.1 Å². The van der Waals surface area contributed by atoms with Gasteiger partial charge in [0.25, 0.3) is 0 Å². The number of aliphatic hydroxyl groups is 3. The monoisotopic (exact) mass is 474 g/mol. The van der Waals surface area contributed by atoms with Gasteiger partial charge in [-0.3, -0.25) is 14.4 Å². The highest BCUT2D eigenvalue weighted by atomic mass is 16.6. The van der Waals surface area contributed by atoms with E-state index < -0.39 is 45.4 Å². The molecule has 5 aliphatic rings. The number of ketones is 2. The maximum absolute atomic E-state index is 14.0. The van der Waals surface area contributed by atoms with Gasteiger partial charge in [0.05, 0.1) is 18.8 Å². The molecule has 3 N–H and O–H groups in total. The van der Waals surface area contributed by atoms with Crippen molar-refractivity contribution in [1.82, 2.24) is 0 Å². The van der Waals surface area contributed by atoms with Gasteiger partial charge in [0, 0.05) is 53.4 Å². The lowest BCUT2D eigenvalue weighted by Crippen LogP contribution is -2.61. The second kappa shape index (κ2) is 7.01. The summed E-state index contributed by atoms with van der Waals surface area (Å²) in [6.45, 7) is 9.44. The second-order valence-corrected chi connectivity index (χ2v) is 12.9. The number of allylic oxidation sites excluding steroid dienone is 1. The van der Waals surface area contributed by atoms with Crippen molar-refractivity contribution in [1.29, 1.82) is 0 Å². The van der Waals surface area contributed by atoms with Crippen LogP contribution in [0, 0.1) is 33.5 Å². The number of esters is 1. The molecule has 3 fully saturated rings. The molecule has 0 bridgehead atoms. The first-order chi connectivity index (χ1) is 15.7. The molecule has 2 saturated carbocycles. The van der Waals surface area contributed by atoms with Crippen LogP contribution in [0.2, 0.25) is 0 Å². The molecule has 0 amide bonds. The van der Waals surface area contributed by atoms with E-state index in [1.807, 2.05) is 27.7 Å². The van der Waals surface area contributed by atoms with Gasteiger partial charge in [-0.25, -0.2) is 0 Å². The van der Waals surface area contributed by atoms with E-state index in [1.54, 1.807) is 0 Å². The van der Waals surface area contributed by atoms with Crippen molar-refractivity contribution in [3.63, 3.8) is 0 Å². The molecule has 1 saturated heterocycles. The average Bonchev–Trinajstić information content (AvgIpc) is 3.24. The van der Waals surface area contributed by atoms with Gasteiger partial charge in [-0.2, -0.15) is 0 Å². The molecule has 34 heavy (non-hydrogen) atoms. The van der Waals surface area contributed by atoms with Gasteiger partial charge >= 0.3 is 5.97 Å². The van der Waals surface area contributed by atoms with E-state index in [2.05, 4.69) is 6.92 Å². The number of cyclic esters (lactones) is 1. The van der Waals surface area contributed by atoms with Crippen molar-refractivity contribution in [2.24, 2.45) is 33.5 Å². The van der Waals surface area contributed by atoms with Crippen LogP contribution in [0.15, 0.2) is 11.1 Å². The largest absolute Gasteiger partial charge is 0.456 e. The summed E-state index contributed by atoms with van der Waals surface area (Å²) in [5, 5.41) is 33.5. The van der Waals surface area contributed by atoms with Crippen LogP contribution in [0.3, 0.4) is 0 Å². The summed E-state index contributed by atoms with van der Waals surface area (Å²) in [5.74, 6) is -0.843. The first kappa shape index (κ1) is 24.1. The van der Waals surface area contributed by atoms with Gasteiger partial charge in [0.15, 0.2) is 5.78 Å². The first-order valence-electron chi connectivity index (χ1n) is 12.7. The summed E-state index contributed by atoms with van der Waals surface area (Å²) < 4.78 is 5.71. The van der Waals surface area contributed by atoms with E-state index >= 15 is 0 Å². The summed E-state index contributed by atoms with van der Waals surface area (Å²) in [6.07, 6.45) is 0.481. The lowest BCUT2D eigenvalue weighted by molar-refractivity contribution is -0.168. The molecule has 8 atom stereocenters. The molecule has 1 aliphatic heterocycles. The predicted molar refractivity (Wildman–Crippen MR) is 122 cm³/mol. The Hall–Kier alpha value is -1.57. The van der Waals surface area contributed by atoms with Crippen molar-refractivity contribution < 1.29 is 34.4 Å². The van der Waals surface area contributed by atoms with Crippen LogP contribution in [0.4, 0.5) is 0 Å². The van der Waals surface area contributed by atoms with Crippen LogP contribution in [-0.4, -0.2) is 57.3 Å². The fourth-order valence-electron chi connectivity index (χ4n) is 9.19. The molecule has 0 aromatic carbocycles. The standard InChI is InChI=1S/C27H38O7/c1-23(2)16-10-14(29)22-21(24(16,3)8-6-18(23)31)15(30)12-25(4)17(11-19(32)26(22,25)5)27(13-28)9-7-20(33)34-27/h14,16-17,19,28-29,32H,6-13H2,1-5H3. The summed E-state index contributed by atoms with van der Waals surface area (Å²) in [6, 6.07) is 0. The molecule has 8 unspecified atom stereocenters. The van der Waals surface area contributed by atoms with Crippen LogP contribution in [0.25, 0.3) is 0 Å². The number of hydrogen-bond donors (Lipinski definition) is 3. The lowest BCUT2D eigenvalue weighted by Gasteiger charge is -2.61. The first-order valence-corrected chi connectivity index (χ1v) is 12.7. The molecule has 7 nitrogen and oxygen atoms in total. The number of carbonyl (C=O) groups excluding carboxylic acids is 3. The third kappa shape index (κ3) is 2.61. The second-order valence-electron chi connectivity index (χ2n) is 12.9. The van der Waals surface area contributed by atoms with Gasteiger partial charge in [-0.1, -0.05) is 34.6 Å². The zero-order chi connectivity index (χ0) is 25.1. The third-order valence-electron chi connectivity index (χ3n) is 11.3. The Kier molecular flexibility index (Phi) is 4.98. The third-order valence-corrected chi connectivity index (χ3v) is 11.3. The number of fused-ring (bicyclic) bond motifs is 4. The van der Waals surface area contributed by atoms with Crippen molar-refractivity contribution in [3.8, 4) is 0 Å². The number of aliphatic hydroxyl groups excluding tert-OH is 3. The molecular weight excluding hydrogens is 436 g/mol. The molecule has 0 aromatic heterocycles. The summed E-state index contributed by atoms with van der Waals surface area (Å²) in [5.41, 5.74) is -2.84. The van der Waals surface area contributed by atoms with E-state index in [0.717, 1.165) is 0 Å². The number of carbonyl (C=O) groups is 3. The fraction of sp³-hybridized carbons (Fsp3) is 0.815. The lowest BCUT2D eigenvalue weighted by atomic mass is 9.42. The highest BCUT2D eigenvalue weighted by molar-refractivity contribution is 6.01. The minimum Gasteiger partial charge on any atom is -0.456 e. The molecule has 188 valence electrons. The van der Waals surface area contributed by atoms with E-state index in [-0.39, 0.29) is 49.3 Å². The minimum atomic E-state index is -1.13. The Morgan fingerprint density at radius 3 is 2.21 bits per heavy atom. The zero-order valence-corrected chi connectivity index (χ0v) is 20.9. The van der Waals surface area contributed by atoms with Crippen LogP contribution in [0.5, 0.6) is 0 Å². The molecule has 0 aromatic rings. The Labute approximate surface area is 200 Å². The number of hydrogen-bond acceptors (Lipinski definition) is 7. The Balaban J connectivity index is 1.70. The predicted octanol–water partition coefficient (Wildman–Crippen LogP) is 2.49. The molecule has 7 heteroatoms. The number of ether oxygens (including phenoxy) is 1. The van der Waals surface area contributed by atoms with Crippen LogP contribution in [0.1, 0.15) is 79.6 Å². The van der Waals surface area contributed by atoms with E-state index in [9.17, 15) is 29.7 Å². The fourth-order valence-corrected chi connectivity index (χ4v) is 9.19. The normalized spacial score (nSPS) is 50.1. The smallest absolute Gasteiger partial charge is 0.306 e. The minimum absolute atomic E-state index is 0.0529. The van der Waals surface area contributed by atoms with Crippen molar-refractivity contribution in [3.05, 3.63) is 11.1 Å². The Morgan fingerprint density at radius 1 is 0.941 bits per heavy atom. The molecule has 5 rings (SSSR count). The van der Waals surface area contributed by atoms with Crippen molar-refractivity contribution in [2.45, 2.75) is 97.4 Å². The van der Waals surface area contributed by atoms with Gasteiger partial charge in [0.2, 0.25) is 0 Å². The van der Waals surface area contributed by atoms with Gasteiger partial charge in [0.1, 0.15) is 11.4 Å². The topological polar surface area (TPSA) is 121 Å². The summed E-state index contributed by atoms with van der Waals surface area (Å²) >= 11 is 0. The van der Waals surface area contributed by atoms with Crippen LogP contribution >= 0.6 is 0 Å². The van der Waals surface area contributed by atoms with E-state index in [4.69, 9.17) is 4.74 Å². The van der Waals surface area contributed by atoms with Gasteiger partial charge in [-0.15, -0.1) is 0 Å². The molecule has 0 spiro atoms. The van der Waals surface area contributed by atoms with Gasteiger partial charge in [-0.05, 0) is 36.2 Å². The molecule has 4 aliphatic carbocycles. The SMILES string of the molecule is CC1(C)C(=O)CCC2(C)C3=C(C(O)CC12)C1(C)C(O)CC(C2(CO)CCC(=O)O2)C1(C)CC3=O. The summed E-state index contributed by atoms with van der Waals surface area (Å²) in [4.78, 5) is 38.9. The number of Topliss-reactive ketones (excluding diaryl/α,β-unsaturated/α-hetero) is 2. The van der Waals surface area contributed by atoms with Crippen molar-refractivity contribution >= 4 is 17.5 Å². The quantitative estimate of drug-likeness (QED) is 0.526. The highest BCUT2D eigenvalue weighted by Gasteiger charge is 2.73. The highest BCUT2D eigenvalue weighted by Crippen LogP contribution is 2.72. The maximum atomic E-state index is 14.0.